The Morgan fingerprint density at radius 2 is 1.90 bits per heavy atom. The maximum absolute atomic E-state index is 10.9. The van der Waals surface area contributed by atoms with E-state index in [1.807, 2.05) is 6.07 Å². The van der Waals surface area contributed by atoms with Crippen molar-refractivity contribution in [1.29, 1.82) is 0 Å². The fraction of sp³-hybridized carbons (Fsp3) is 0.143. The van der Waals surface area contributed by atoms with Crippen LogP contribution in [0.2, 0.25) is 5.02 Å². The molecule has 0 aliphatic heterocycles. The summed E-state index contributed by atoms with van der Waals surface area (Å²) in [4.78, 5) is 10.5. The molecule has 0 amide bonds. The summed E-state index contributed by atoms with van der Waals surface area (Å²) in [7, 11) is 0. The SMILES string of the molecule is O=[N+]([O-])c1cccc(Cl)c1CNCc1ccccc1O. The second-order valence-corrected chi connectivity index (χ2v) is 4.63. The van der Waals surface area contributed by atoms with Gasteiger partial charge in [-0.25, -0.2) is 0 Å². The summed E-state index contributed by atoms with van der Waals surface area (Å²) in [5, 5.41) is 24.0. The van der Waals surface area contributed by atoms with E-state index in [4.69, 9.17) is 11.6 Å². The highest BCUT2D eigenvalue weighted by Crippen LogP contribution is 2.26. The zero-order valence-corrected chi connectivity index (χ0v) is 11.3. The van der Waals surface area contributed by atoms with Gasteiger partial charge in [-0.3, -0.25) is 10.1 Å². The number of nitro groups is 1. The van der Waals surface area contributed by atoms with Crippen molar-refractivity contribution in [3.05, 3.63) is 68.7 Å². The Morgan fingerprint density at radius 1 is 1.15 bits per heavy atom. The Bertz CT molecular complexity index is 632. The van der Waals surface area contributed by atoms with Gasteiger partial charge in [0.25, 0.3) is 5.69 Å². The number of nitrogens with one attached hydrogen (secondary N) is 1. The molecular formula is C14H13ClN2O3. The minimum atomic E-state index is -0.455. The van der Waals surface area contributed by atoms with E-state index in [2.05, 4.69) is 5.32 Å². The number of nitrogens with zero attached hydrogens (tertiary/aromatic N) is 1. The van der Waals surface area contributed by atoms with Gasteiger partial charge in [0.05, 0.1) is 15.5 Å². The van der Waals surface area contributed by atoms with Crippen molar-refractivity contribution >= 4 is 17.3 Å². The Kier molecular flexibility index (Phi) is 4.55. The number of hydrogen-bond acceptors (Lipinski definition) is 4. The van der Waals surface area contributed by atoms with E-state index in [0.717, 1.165) is 5.56 Å². The van der Waals surface area contributed by atoms with Gasteiger partial charge in [-0.15, -0.1) is 0 Å². The molecule has 0 aliphatic rings. The van der Waals surface area contributed by atoms with Crippen LogP contribution in [0.3, 0.4) is 0 Å². The van der Waals surface area contributed by atoms with Crippen molar-refractivity contribution in [2.75, 3.05) is 0 Å². The first-order chi connectivity index (χ1) is 9.59. The van der Waals surface area contributed by atoms with Gasteiger partial charge in [0.2, 0.25) is 0 Å². The van der Waals surface area contributed by atoms with Crippen molar-refractivity contribution < 1.29 is 10.0 Å². The van der Waals surface area contributed by atoms with Crippen LogP contribution in [0.15, 0.2) is 42.5 Å². The molecule has 0 saturated carbocycles. The lowest BCUT2D eigenvalue weighted by Crippen LogP contribution is -2.14. The summed E-state index contributed by atoms with van der Waals surface area (Å²) < 4.78 is 0. The van der Waals surface area contributed by atoms with E-state index >= 15 is 0 Å². The maximum Gasteiger partial charge on any atom is 0.275 e. The number of para-hydroxylation sites is 1. The number of halogens is 1. The van der Waals surface area contributed by atoms with Crippen LogP contribution in [0, 0.1) is 10.1 Å². The van der Waals surface area contributed by atoms with Crippen molar-refractivity contribution in [2.45, 2.75) is 13.1 Å². The van der Waals surface area contributed by atoms with Crippen LogP contribution >= 0.6 is 11.6 Å². The summed E-state index contributed by atoms with van der Waals surface area (Å²) in [6, 6.07) is 11.5. The number of phenols is 1. The van der Waals surface area contributed by atoms with Gasteiger partial charge in [0, 0.05) is 24.7 Å². The third kappa shape index (κ3) is 3.26. The number of rotatable bonds is 5. The van der Waals surface area contributed by atoms with Gasteiger partial charge in [-0.05, 0) is 12.1 Å². The van der Waals surface area contributed by atoms with Crippen LogP contribution in [0.1, 0.15) is 11.1 Å². The quantitative estimate of drug-likeness (QED) is 0.655. The molecule has 0 radical (unpaired) electrons. The molecule has 2 aromatic rings. The van der Waals surface area contributed by atoms with Crippen LogP contribution in [-0.2, 0) is 13.1 Å². The molecule has 0 heterocycles. The standard InChI is InChI=1S/C14H13ClN2O3/c15-12-5-3-6-13(17(19)20)11(12)9-16-8-10-4-1-2-7-14(10)18/h1-7,16,18H,8-9H2. The summed E-state index contributed by atoms with van der Waals surface area (Å²) in [5.74, 6) is 0.189. The fourth-order valence-corrected chi connectivity index (χ4v) is 2.11. The van der Waals surface area contributed by atoms with Crippen LogP contribution in [0.5, 0.6) is 5.75 Å². The highest BCUT2D eigenvalue weighted by atomic mass is 35.5. The molecule has 0 bridgehead atoms. The van der Waals surface area contributed by atoms with Gasteiger partial charge >= 0.3 is 0 Å². The molecule has 2 aromatic carbocycles. The molecule has 0 unspecified atom stereocenters. The van der Waals surface area contributed by atoms with Gasteiger partial charge in [0.15, 0.2) is 0 Å². The van der Waals surface area contributed by atoms with E-state index in [0.29, 0.717) is 17.1 Å². The first-order valence-electron chi connectivity index (χ1n) is 5.99. The smallest absolute Gasteiger partial charge is 0.275 e. The molecule has 0 aliphatic carbocycles. The number of benzene rings is 2. The van der Waals surface area contributed by atoms with Crippen LogP contribution in [0.4, 0.5) is 5.69 Å². The number of phenolic OH excluding ortho intramolecular Hbond substituents is 1. The average molecular weight is 293 g/mol. The Hall–Kier alpha value is -2.11. The molecule has 2 rings (SSSR count). The summed E-state index contributed by atoms with van der Waals surface area (Å²) >= 11 is 5.99. The van der Waals surface area contributed by atoms with Gasteiger partial charge in [-0.1, -0.05) is 35.9 Å². The van der Waals surface area contributed by atoms with Crippen LogP contribution in [0.25, 0.3) is 0 Å². The van der Waals surface area contributed by atoms with Gasteiger partial charge in [-0.2, -0.15) is 0 Å². The molecule has 0 aromatic heterocycles. The second kappa shape index (κ2) is 6.36. The predicted molar refractivity (Wildman–Crippen MR) is 76.8 cm³/mol. The fourth-order valence-electron chi connectivity index (χ4n) is 1.88. The monoisotopic (exact) mass is 292 g/mol. The Morgan fingerprint density at radius 3 is 2.60 bits per heavy atom. The Labute approximate surface area is 121 Å². The summed E-state index contributed by atoms with van der Waals surface area (Å²) in [6.45, 7) is 0.652. The second-order valence-electron chi connectivity index (χ2n) is 4.23. The lowest BCUT2D eigenvalue weighted by Gasteiger charge is -2.08. The normalized spacial score (nSPS) is 10.4. The van der Waals surface area contributed by atoms with E-state index in [-0.39, 0.29) is 18.0 Å². The number of hydrogen-bond donors (Lipinski definition) is 2. The predicted octanol–water partition coefficient (Wildman–Crippen LogP) is 3.24. The third-order valence-corrected chi connectivity index (χ3v) is 3.25. The van der Waals surface area contributed by atoms with E-state index in [9.17, 15) is 15.2 Å². The lowest BCUT2D eigenvalue weighted by molar-refractivity contribution is -0.385. The molecule has 0 atom stereocenters. The molecular weight excluding hydrogens is 280 g/mol. The van der Waals surface area contributed by atoms with E-state index in [1.54, 1.807) is 30.3 Å². The molecule has 6 heteroatoms. The van der Waals surface area contributed by atoms with Gasteiger partial charge < -0.3 is 10.4 Å². The van der Waals surface area contributed by atoms with E-state index < -0.39 is 4.92 Å². The maximum atomic E-state index is 10.9. The van der Waals surface area contributed by atoms with Crippen molar-refractivity contribution in [3.63, 3.8) is 0 Å². The van der Waals surface area contributed by atoms with Crippen molar-refractivity contribution in [2.24, 2.45) is 0 Å². The van der Waals surface area contributed by atoms with Crippen molar-refractivity contribution in [1.82, 2.24) is 5.32 Å². The van der Waals surface area contributed by atoms with Gasteiger partial charge in [0.1, 0.15) is 5.75 Å². The Balaban J connectivity index is 2.08. The lowest BCUT2D eigenvalue weighted by atomic mass is 10.1. The first kappa shape index (κ1) is 14.3. The highest BCUT2D eigenvalue weighted by molar-refractivity contribution is 6.31. The molecule has 0 saturated heterocycles. The minimum absolute atomic E-state index is 0.0118. The van der Waals surface area contributed by atoms with Crippen LogP contribution in [-0.4, -0.2) is 10.0 Å². The van der Waals surface area contributed by atoms with Crippen molar-refractivity contribution in [3.8, 4) is 5.75 Å². The summed E-state index contributed by atoms with van der Waals surface area (Å²) in [5.41, 5.74) is 1.15. The minimum Gasteiger partial charge on any atom is -0.508 e. The molecule has 2 N–H and O–H groups in total. The topological polar surface area (TPSA) is 75.4 Å². The number of nitro benzene ring substituents is 1. The van der Waals surface area contributed by atoms with Crippen LogP contribution < -0.4 is 5.32 Å². The molecule has 104 valence electrons. The number of aromatic hydroxyl groups is 1. The highest BCUT2D eigenvalue weighted by Gasteiger charge is 2.15. The molecule has 0 spiro atoms. The zero-order valence-electron chi connectivity index (χ0n) is 10.5. The first-order valence-corrected chi connectivity index (χ1v) is 6.36. The molecule has 0 fully saturated rings. The molecule has 20 heavy (non-hydrogen) atoms. The van der Waals surface area contributed by atoms with E-state index in [1.165, 1.54) is 6.07 Å². The molecule has 5 nitrogen and oxygen atoms in total. The average Bonchev–Trinajstić information content (AvgIpc) is 2.42. The zero-order chi connectivity index (χ0) is 14.5. The largest absolute Gasteiger partial charge is 0.508 e. The summed E-state index contributed by atoms with van der Waals surface area (Å²) in [6.07, 6.45) is 0. The third-order valence-electron chi connectivity index (χ3n) is 2.90.